The van der Waals surface area contributed by atoms with Gasteiger partial charge < -0.3 is 15.7 Å². The summed E-state index contributed by atoms with van der Waals surface area (Å²) in [5.41, 5.74) is 0. The van der Waals surface area contributed by atoms with Crippen LogP contribution >= 0.6 is 11.8 Å². The highest BCUT2D eigenvalue weighted by atomic mass is 32.2. The fraction of sp³-hybridized carbons (Fsp3) is 0.857. The Morgan fingerprint density at radius 3 is 2.75 bits per heavy atom. The summed E-state index contributed by atoms with van der Waals surface area (Å²) in [6.07, 6.45) is 8.44. The SMILES string of the molecule is CSCCCCCNC(=O)NC1CCCC(C(=O)O)C1. The Morgan fingerprint density at radius 2 is 2.05 bits per heavy atom. The van der Waals surface area contributed by atoms with Crippen LogP contribution in [-0.2, 0) is 4.79 Å². The number of nitrogens with one attached hydrogen (secondary N) is 2. The largest absolute Gasteiger partial charge is 0.481 e. The van der Waals surface area contributed by atoms with Gasteiger partial charge in [0.05, 0.1) is 5.92 Å². The highest BCUT2D eigenvalue weighted by molar-refractivity contribution is 7.98. The summed E-state index contributed by atoms with van der Waals surface area (Å²) in [6.45, 7) is 0.690. The normalized spacial score (nSPS) is 22.2. The van der Waals surface area contributed by atoms with Gasteiger partial charge in [0.25, 0.3) is 0 Å². The molecule has 20 heavy (non-hydrogen) atoms. The summed E-state index contributed by atoms with van der Waals surface area (Å²) >= 11 is 1.84. The molecule has 1 saturated carbocycles. The maximum Gasteiger partial charge on any atom is 0.315 e. The molecule has 3 N–H and O–H groups in total. The van der Waals surface area contributed by atoms with Gasteiger partial charge in [0.15, 0.2) is 0 Å². The Bertz CT molecular complexity index is 313. The van der Waals surface area contributed by atoms with Gasteiger partial charge in [0, 0.05) is 12.6 Å². The van der Waals surface area contributed by atoms with Crippen LogP contribution in [0.5, 0.6) is 0 Å². The number of hydrogen-bond donors (Lipinski definition) is 3. The number of rotatable bonds is 8. The molecule has 0 aromatic rings. The maximum absolute atomic E-state index is 11.7. The van der Waals surface area contributed by atoms with Gasteiger partial charge in [-0.2, -0.15) is 11.8 Å². The van der Waals surface area contributed by atoms with E-state index in [9.17, 15) is 9.59 Å². The third kappa shape index (κ3) is 7.03. The van der Waals surface area contributed by atoms with Crippen LogP contribution < -0.4 is 10.6 Å². The minimum absolute atomic E-state index is 0.00124. The first-order valence-corrected chi connectivity index (χ1v) is 8.79. The van der Waals surface area contributed by atoms with E-state index in [1.165, 1.54) is 12.2 Å². The molecule has 1 aliphatic carbocycles. The Hall–Kier alpha value is -0.910. The van der Waals surface area contributed by atoms with Crippen LogP contribution in [0.4, 0.5) is 4.79 Å². The molecule has 0 aliphatic heterocycles. The Kier molecular flexibility index (Phi) is 8.49. The monoisotopic (exact) mass is 302 g/mol. The van der Waals surface area contributed by atoms with E-state index in [0.29, 0.717) is 13.0 Å². The Balaban J connectivity index is 2.10. The van der Waals surface area contributed by atoms with Crippen molar-refractivity contribution in [3.63, 3.8) is 0 Å². The molecule has 0 bridgehead atoms. The molecule has 1 rings (SSSR count). The third-order valence-corrected chi connectivity index (χ3v) is 4.37. The van der Waals surface area contributed by atoms with E-state index in [2.05, 4.69) is 16.9 Å². The molecule has 2 atom stereocenters. The number of amides is 2. The summed E-state index contributed by atoms with van der Waals surface area (Å²) in [5, 5.41) is 14.7. The lowest BCUT2D eigenvalue weighted by Crippen LogP contribution is -2.45. The standard InChI is InChI=1S/C14H26N2O3S/c1-20-9-4-2-3-8-15-14(19)16-12-7-5-6-11(10-12)13(17)18/h11-12H,2-10H2,1H3,(H,17,18)(H2,15,16,19). The van der Waals surface area contributed by atoms with Crippen LogP contribution in [0.15, 0.2) is 0 Å². The number of unbranched alkanes of at least 4 members (excludes halogenated alkanes) is 2. The van der Waals surface area contributed by atoms with Gasteiger partial charge >= 0.3 is 12.0 Å². The number of aliphatic carboxylic acids is 1. The number of carboxylic acid groups (broad SMARTS) is 1. The van der Waals surface area contributed by atoms with Crippen molar-refractivity contribution in [2.75, 3.05) is 18.6 Å². The summed E-state index contributed by atoms with van der Waals surface area (Å²) in [4.78, 5) is 22.7. The van der Waals surface area contributed by atoms with Crippen molar-refractivity contribution >= 4 is 23.8 Å². The van der Waals surface area contributed by atoms with E-state index in [-0.39, 0.29) is 18.0 Å². The topological polar surface area (TPSA) is 78.4 Å². The van der Waals surface area contributed by atoms with E-state index in [4.69, 9.17) is 5.11 Å². The van der Waals surface area contributed by atoms with Crippen LogP contribution in [0.3, 0.4) is 0 Å². The summed E-state index contributed by atoms with van der Waals surface area (Å²) < 4.78 is 0. The Labute approximate surface area is 125 Å². The lowest BCUT2D eigenvalue weighted by Gasteiger charge is -2.27. The zero-order valence-electron chi connectivity index (χ0n) is 12.2. The minimum atomic E-state index is -0.745. The van der Waals surface area contributed by atoms with Gasteiger partial charge in [0.2, 0.25) is 0 Å². The molecule has 116 valence electrons. The molecular weight excluding hydrogens is 276 g/mol. The molecule has 5 nitrogen and oxygen atoms in total. The first-order chi connectivity index (χ1) is 9.63. The summed E-state index contributed by atoms with van der Waals surface area (Å²) in [5.74, 6) is 0.122. The van der Waals surface area contributed by atoms with Crippen LogP contribution in [0.2, 0.25) is 0 Å². The lowest BCUT2D eigenvalue weighted by molar-refractivity contribution is -0.143. The lowest BCUT2D eigenvalue weighted by atomic mass is 9.86. The average Bonchev–Trinajstić information content (AvgIpc) is 2.43. The molecular formula is C14H26N2O3S. The van der Waals surface area contributed by atoms with Gasteiger partial charge in [-0.1, -0.05) is 12.8 Å². The quantitative estimate of drug-likeness (QED) is 0.602. The highest BCUT2D eigenvalue weighted by Gasteiger charge is 2.27. The van der Waals surface area contributed by atoms with Crippen molar-refractivity contribution < 1.29 is 14.7 Å². The first kappa shape index (κ1) is 17.1. The number of hydrogen-bond acceptors (Lipinski definition) is 3. The molecule has 1 aliphatic rings. The molecule has 0 spiro atoms. The predicted octanol–water partition coefficient (Wildman–Crippen LogP) is 2.46. The zero-order valence-corrected chi connectivity index (χ0v) is 13.0. The fourth-order valence-corrected chi connectivity index (χ4v) is 3.02. The van der Waals surface area contributed by atoms with Gasteiger partial charge in [-0.15, -0.1) is 0 Å². The molecule has 1 fully saturated rings. The second-order valence-electron chi connectivity index (χ2n) is 5.35. The van der Waals surface area contributed by atoms with E-state index in [1.807, 2.05) is 11.8 Å². The molecule has 0 radical (unpaired) electrons. The van der Waals surface area contributed by atoms with Crippen molar-refractivity contribution in [1.82, 2.24) is 10.6 Å². The van der Waals surface area contributed by atoms with Crippen molar-refractivity contribution in [2.24, 2.45) is 5.92 Å². The van der Waals surface area contributed by atoms with E-state index >= 15 is 0 Å². The average molecular weight is 302 g/mol. The second-order valence-corrected chi connectivity index (χ2v) is 6.34. The van der Waals surface area contributed by atoms with Crippen molar-refractivity contribution in [3.8, 4) is 0 Å². The number of urea groups is 1. The van der Waals surface area contributed by atoms with Gasteiger partial charge in [-0.25, -0.2) is 4.79 Å². The van der Waals surface area contributed by atoms with Crippen LogP contribution in [-0.4, -0.2) is 41.7 Å². The number of carboxylic acids is 1. The van der Waals surface area contributed by atoms with Crippen LogP contribution in [0.1, 0.15) is 44.9 Å². The van der Waals surface area contributed by atoms with Gasteiger partial charge in [-0.05, 0) is 44.1 Å². The molecule has 2 amide bonds. The highest BCUT2D eigenvalue weighted by Crippen LogP contribution is 2.24. The predicted molar refractivity (Wildman–Crippen MR) is 82.1 cm³/mol. The molecule has 0 aromatic carbocycles. The molecule has 2 unspecified atom stereocenters. The minimum Gasteiger partial charge on any atom is -0.481 e. The van der Waals surface area contributed by atoms with Crippen molar-refractivity contribution in [2.45, 2.75) is 51.0 Å². The molecule has 0 heterocycles. The smallest absolute Gasteiger partial charge is 0.315 e. The van der Waals surface area contributed by atoms with Gasteiger partial charge in [0.1, 0.15) is 0 Å². The summed E-state index contributed by atoms with van der Waals surface area (Å²) in [6, 6.07) is -0.160. The van der Waals surface area contributed by atoms with Crippen molar-refractivity contribution in [1.29, 1.82) is 0 Å². The van der Waals surface area contributed by atoms with Crippen LogP contribution in [0.25, 0.3) is 0 Å². The van der Waals surface area contributed by atoms with Crippen molar-refractivity contribution in [3.05, 3.63) is 0 Å². The fourth-order valence-electron chi connectivity index (χ4n) is 2.53. The van der Waals surface area contributed by atoms with E-state index in [0.717, 1.165) is 32.1 Å². The summed E-state index contributed by atoms with van der Waals surface area (Å²) in [7, 11) is 0. The zero-order chi connectivity index (χ0) is 14.8. The van der Waals surface area contributed by atoms with E-state index < -0.39 is 5.97 Å². The molecule has 6 heteroatoms. The third-order valence-electron chi connectivity index (χ3n) is 3.67. The molecule has 0 saturated heterocycles. The number of thioether (sulfide) groups is 1. The van der Waals surface area contributed by atoms with E-state index in [1.54, 1.807) is 0 Å². The second kappa shape index (κ2) is 9.91. The maximum atomic E-state index is 11.7. The number of carbonyl (C=O) groups is 2. The van der Waals surface area contributed by atoms with Gasteiger partial charge in [-0.3, -0.25) is 4.79 Å². The number of carbonyl (C=O) groups excluding carboxylic acids is 1. The Morgan fingerprint density at radius 1 is 1.25 bits per heavy atom. The molecule has 0 aromatic heterocycles. The first-order valence-electron chi connectivity index (χ1n) is 7.39. The van der Waals surface area contributed by atoms with Crippen LogP contribution in [0, 0.1) is 5.92 Å².